The third-order valence-corrected chi connectivity index (χ3v) is 3.42. The van der Waals surface area contributed by atoms with E-state index in [1.807, 2.05) is 0 Å². The Morgan fingerprint density at radius 2 is 1.91 bits per heavy atom. The van der Waals surface area contributed by atoms with Crippen LogP contribution in [-0.4, -0.2) is 40.8 Å². The molecule has 3 N–H and O–H groups in total. The fourth-order valence-electron chi connectivity index (χ4n) is 1.63. The minimum atomic E-state index is -3.19. The Morgan fingerprint density at radius 3 is 2.52 bits per heavy atom. The maximum absolute atomic E-state index is 13.5. The second kappa shape index (κ2) is 10.7. The normalized spacial score (nSPS) is 11.7. The van der Waals surface area contributed by atoms with Gasteiger partial charge in [-0.1, -0.05) is 0 Å². The van der Waals surface area contributed by atoms with Crippen LogP contribution in [-0.2, 0) is 16.6 Å². The van der Waals surface area contributed by atoms with E-state index in [-0.39, 0.29) is 36.1 Å². The van der Waals surface area contributed by atoms with Crippen molar-refractivity contribution < 1.29 is 17.2 Å². The van der Waals surface area contributed by atoms with E-state index in [4.69, 9.17) is 0 Å². The third kappa shape index (κ3) is 9.66. The number of halogens is 3. The maximum atomic E-state index is 13.5. The zero-order valence-corrected chi connectivity index (χ0v) is 16.0. The lowest BCUT2D eigenvalue weighted by molar-refractivity contribution is 0.580. The number of sulfonamides is 1. The molecule has 0 aliphatic heterocycles. The lowest BCUT2D eigenvalue weighted by Crippen LogP contribution is -2.38. The standard InChI is InChI=1S/C13H20F2N4O2S.HI/c1-16-13(17-6-3-7-19-22(2,20)21)18-9-10-8-11(14)4-5-12(10)15;/h4-5,8,19H,3,6-7,9H2,1-2H3,(H2,16,17,18);1H. The molecule has 0 fully saturated rings. The molecule has 0 radical (unpaired) electrons. The number of nitrogens with zero attached hydrogens (tertiary/aromatic N) is 1. The van der Waals surface area contributed by atoms with E-state index in [0.717, 1.165) is 24.5 Å². The molecule has 0 atom stereocenters. The lowest BCUT2D eigenvalue weighted by Gasteiger charge is -2.12. The summed E-state index contributed by atoms with van der Waals surface area (Å²) in [5.41, 5.74) is 0.196. The molecule has 0 aliphatic carbocycles. The van der Waals surface area contributed by atoms with Crippen LogP contribution in [0, 0.1) is 11.6 Å². The number of benzene rings is 1. The molecular weight excluding hydrogens is 441 g/mol. The van der Waals surface area contributed by atoms with Crippen LogP contribution in [0.2, 0.25) is 0 Å². The quantitative estimate of drug-likeness (QED) is 0.246. The van der Waals surface area contributed by atoms with Crippen molar-refractivity contribution in [3.05, 3.63) is 35.4 Å². The number of guanidine groups is 1. The third-order valence-electron chi connectivity index (χ3n) is 2.69. The smallest absolute Gasteiger partial charge is 0.208 e. The summed E-state index contributed by atoms with van der Waals surface area (Å²) < 4.78 is 50.6. The second-order valence-corrected chi connectivity index (χ2v) is 6.44. The fraction of sp³-hybridized carbons (Fsp3) is 0.462. The van der Waals surface area contributed by atoms with Gasteiger partial charge in [-0.2, -0.15) is 0 Å². The fourth-order valence-corrected chi connectivity index (χ4v) is 2.15. The van der Waals surface area contributed by atoms with Gasteiger partial charge in [-0.05, 0) is 24.6 Å². The molecule has 0 bridgehead atoms. The molecule has 10 heteroatoms. The lowest BCUT2D eigenvalue weighted by atomic mass is 10.2. The Balaban J connectivity index is 0.00000484. The minimum Gasteiger partial charge on any atom is -0.356 e. The molecule has 1 aromatic rings. The van der Waals surface area contributed by atoms with Gasteiger partial charge in [0.2, 0.25) is 10.0 Å². The van der Waals surface area contributed by atoms with E-state index in [1.165, 1.54) is 0 Å². The summed E-state index contributed by atoms with van der Waals surface area (Å²) in [5, 5.41) is 5.80. The van der Waals surface area contributed by atoms with E-state index >= 15 is 0 Å². The van der Waals surface area contributed by atoms with Crippen LogP contribution in [0.1, 0.15) is 12.0 Å². The summed E-state index contributed by atoms with van der Waals surface area (Å²) in [6, 6.07) is 3.24. The van der Waals surface area contributed by atoms with Crippen LogP contribution in [0.15, 0.2) is 23.2 Å². The Kier molecular flexibility index (Phi) is 10.2. The van der Waals surface area contributed by atoms with Crippen LogP contribution in [0.3, 0.4) is 0 Å². The Labute approximate surface area is 152 Å². The van der Waals surface area contributed by atoms with Gasteiger partial charge in [0.1, 0.15) is 11.6 Å². The van der Waals surface area contributed by atoms with Crippen LogP contribution in [0.25, 0.3) is 0 Å². The largest absolute Gasteiger partial charge is 0.356 e. The molecule has 0 amide bonds. The number of nitrogens with one attached hydrogen (secondary N) is 3. The van der Waals surface area contributed by atoms with Gasteiger partial charge < -0.3 is 10.6 Å². The van der Waals surface area contributed by atoms with E-state index in [9.17, 15) is 17.2 Å². The van der Waals surface area contributed by atoms with E-state index in [2.05, 4.69) is 20.3 Å². The summed E-state index contributed by atoms with van der Waals surface area (Å²) in [6.07, 6.45) is 1.65. The van der Waals surface area contributed by atoms with Gasteiger partial charge in [0.25, 0.3) is 0 Å². The van der Waals surface area contributed by atoms with Gasteiger partial charge in [0.05, 0.1) is 6.26 Å². The van der Waals surface area contributed by atoms with Crippen molar-refractivity contribution in [2.24, 2.45) is 4.99 Å². The Morgan fingerprint density at radius 1 is 1.22 bits per heavy atom. The summed E-state index contributed by atoms with van der Waals surface area (Å²) in [5.74, 6) is -0.585. The minimum absolute atomic E-state index is 0. The molecule has 23 heavy (non-hydrogen) atoms. The van der Waals surface area contributed by atoms with Crippen molar-refractivity contribution in [1.82, 2.24) is 15.4 Å². The summed E-state index contributed by atoms with van der Waals surface area (Å²) in [7, 11) is -1.64. The average molecular weight is 462 g/mol. The van der Waals surface area contributed by atoms with E-state index in [0.29, 0.717) is 25.5 Å². The van der Waals surface area contributed by atoms with Gasteiger partial charge in [0.15, 0.2) is 5.96 Å². The molecule has 1 rings (SSSR count). The van der Waals surface area contributed by atoms with E-state index in [1.54, 1.807) is 7.05 Å². The summed E-state index contributed by atoms with van der Waals surface area (Å²) in [4.78, 5) is 3.94. The molecule has 0 unspecified atom stereocenters. The van der Waals surface area contributed by atoms with Crippen molar-refractivity contribution in [2.45, 2.75) is 13.0 Å². The first-order valence-electron chi connectivity index (χ1n) is 6.65. The van der Waals surface area contributed by atoms with Crippen molar-refractivity contribution in [1.29, 1.82) is 0 Å². The van der Waals surface area contributed by atoms with Gasteiger partial charge >= 0.3 is 0 Å². The van der Waals surface area contributed by atoms with Gasteiger partial charge in [-0.25, -0.2) is 21.9 Å². The molecule has 0 saturated heterocycles. The topological polar surface area (TPSA) is 82.6 Å². The molecule has 0 aliphatic rings. The highest BCUT2D eigenvalue weighted by atomic mass is 127. The Bertz CT molecular complexity index is 626. The molecule has 1 aromatic carbocycles. The molecule has 0 heterocycles. The van der Waals surface area contributed by atoms with Crippen molar-refractivity contribution in [3.63, 3.8) is 0 Å². The molecule has 132 valence electrons. The predicted molar refractivity (Wildman–Crippen MR) is 97.4 cm³/mol. The zero-order valence-electron chi connectivity index (χ0n) is 12.9. The van der Waals surface area contributed by atoms with Gasteiger partial charge in [-0.15, -0.1) is 24.0 Å². The molecular formula is C13H21F2IN4O2S. The van der Waals surface area contributed by atoms with Crippen LogP contribution >= 0.6 is 24.0 Å². The highest BCUT2D eigenvalue weighted by Crippen LogP contribution is 2.08. The first kappa shape index (κ1) is 22.0. The summed E-state index contributed by atoms with van der Waals surface area (Å²) in [6.45, 7) is 0.875. The SMILES string of the molecule is CN=C(NCCCNS(C)(=O)=O)NCc1cc(F)ccc1F.I. The zero-order chi connectivity index (χ0) is 16.6. The van der Waals surface area contributed by atoms with E-state index < -0.39 is 21.7 Å². The number of hydrogen-bond acceptors (Lipinski definition) is 3. The van der Waals surface area contributed by atoms with Crippen LogP contribution < -0.4 is 15.4 Å². The van der Waals surface area contributed by atoms with Crippen molar-refractivity contribution >= 4 is 40.0 Å². The first-order chi connectivity index (χ1) is 10.3. The van der Waals surface area contributed by atoms with Gasteiger partial charge in [0, 0.05) is 32.2 Å². The summed E-state index contributed by atoms with van der Waals surface area (Å²) >= 11 is 0. The molecule has 0 saturated carbocycles. The second-order valence-electron chi connectivity index (χ2n) is 4.61. The van der Waals surface area contributed by atoms with Crippen LogP contribution in [0.4, 0.5) is 8.78 Å². The number of aliphatic imine (C=N–C) groups is 1. The van der Waals surface area contributed by atoms with Crippen molar-refractivity contribution in [2.75, 3.05) is 26.4 Å². The highest BCUT2D eigenvalue weighted by molar-refractivity contribution is 14.0. The van der Waals surface area contributed by atoms with Gasteiger partial charge in [-0.3, -0.25) is 4.99 Å². The first-order valence-corrected chi connectivity index (χ1v) is 8.54. The molecule has 0 spiro atoms. The number of rotatable bonds is 7. The monoisotopic (exact) mass is 462 g/mol. The number of hydrogen-bond donors (Lipinski definition) is 3. The van der Waals surface area contributed by atoms with Crippen molar-refractivity contribution in [3.8, 4) is 0 Å². The average Bonchev–Trinajstić information content (AvgIpc) is 2.44. The molecule has 0 aromatic heterocycles. The highest BCUT2D eigenvalue weighted by Gasteiger charge is 2.05. The van der Waals surface area contributed by atoms with Crippen LogP contribution in [0.5, 0.6) is 0 Å². The maximum Gasteiger partial charge on any atom is 0.208 e. The predicted octanol–water partition coefficient (Wildman–Crippen LogP) is 1.19. The molecule has 6 nitrogen and oxygen atoms in total. The Hall–Kier alpha value is -1.01.